The van der Waals surface area contributed by atoms with Gasteiger partial charge in [0.05, 0.1) is 11.0 Å². The van der Waals surface area contributed by atoms with Crippen molar-refractivity contribution in [2.45, 2.75) is 25.1 Å². The molecule has 1 atom stereocenters. The summed E-state index contributed by atoms with van der Waals surface area (Å²) < 4.78 is 1.74. The molecule has 3 nitrogen and oxygen atoms in total. The Morgan fingerprint density at radius 2 is 2.29 bits per heavy atom. The summed E-state index contributed by atoms with van der Waals surface area (Å²) in [7, 11) is 1.87. The maximum absolute atomic E-state index is 11.6. The molecule has 0 radical (unpaired) electrons. The van der Waals surface area contributed by atoms with Crippen LogP contribution in [0.4, 0.5) is 0 Å². The van der Waals surface area contributed by atoms with Gasteiger partial charge < -0.3 is 0 Å². The third kappa shape index (κ3) is 2.94. The van der Waals surface area contributed by atoms with Crippen LogP contribution in [0.25, 0.3) is 0 Å². The number of Topliss-reactive ketones (excluding diaryl/α,β-unsaturated/α-hetero) is 1. The molecule has 0 aliphatic carbocycles. The van der Waals surface area contributed by atoms with Gasteiger partial charge in [-0.15, -0.1) is 0 Å². The van der Waals surface area contributed by atoms with E-state index in [9.17, 15) is 4.79 Å². The number of carbonyl (C=O) groups is 1. The van der Waals surface area contributed by atoms with Crippen molar-refractivity contribution in [3.8, 4) is 0 Å². The van der Waals surface area contributed by atoms with Crippen molar-refractivity contribution in [2.75, 3.05) is 0 Å². The van der Waals surface area contributed by atoms with Crippen molar-refractivity contribution in [2.24, 2.45) is 13.0 Å². The lowest BCUT2D eigenvalue weighted by Gasteiger charge is -2.09. The number of aromatic nitrogens is 2. The summed E-state index contributed by atoms with van der Waals surface area (Å²) >= 11 is 3.40. The number of hydrogen-bond donors (Lipinski definition) is 0. The van der Waals surface area contributed by atoms with E-state index in [2.05, 4.69) is 21.0 Å². The van der Waals surface area contributed by atoms with Gasteiger partial charge >= 0.3 is 0 Å². The minimum Gasteiger partial charge on any atom is -0.298 e. The Morgan fingerprint density at radius 1 is 1.64 bits per heavy atom. The van der Waals surface area contributed by atoms with Gasteiger partial charge in [-0.05, 0) is 12.0 Å². The zero-order valence-corrected chi connectivity index (χ0v) is 10.3. The average molecular weight is 259 g/mol. The molecule has 1 aromatic rings. The second-order valence-corrected chi connectivity index (χ2v) is 4.86. The number of rotatable bonds is 4. The van der Waals surface area contributed by atoms with E-state index in [0.717, 1.165) is 5.56 Å². The molecule has 1 rings (SSSR count). The average Bonchev–Trinajstić information content (AvgIpc) is 2.49. The third-order valence-corrected chi connectivity index (χ3v) is 2.83. The minimum atomic E-state index is -0.0910. The van der Waals surface area contributed by atoms with Gasteiger partial charge in [0.25, 0.3) is 0 Å². The van der Waals surface area contributed by atoms with Gasteiger partial charge in [-0.25, -0.2) is 0 Å². The molecule has 0 aliphatic rings. The summed E-state index contributed by atoms with van der Waals surface area (Å²) in [4.78, 5) is 11.5. The molecule has 4 heteroatoms. The van der Waals surface area contributed by atoms with Crippen LogP contribution in [0.5, 0.6) is 0 Å². The highest BCUT2D eigenvalue weighted by atomic mass is 79.9. The van der Waals surface area contributed by atoms with Crippen molar-refractivity contribution < 1.29 is 4.79 Å². The van der Waals surface area contributed by atoms with E-state index in [0.29, 0.717) is 6.42 Å². The Labute approximate surface area is 92.6 Å². The second kappa shape index (κ2) is 4.73. The zero-order valence-electron chi connectivity index (χ0n) is 8.70. The lowest BCUT2D eigenvalue weighted by molar-refractivity contribution is -0.121. The fourth-order valence-electron chi connectivity index (χ4n) is 1.25. The maximum Gasteiger partial charge on any atom is 0.149 e. The van der Waals surface area contributed by atoms with E-state index in [1.54, 1.807) is 10.9 Å². The first-order valence-electron chi connectivity index (χ1n) is 4.66. The van der Waals surface area contributed by atoms with Crippen LogP contribution in [-0.4, -0.2) is 20.4 Å². The molecule has 0 N–H and O–H groups in total. The highest BCUT2D eigenvalue weighted by molar-refractivity contribution is 9.10. The molecule has 0 saturated carbocycles. The van der Waals surface area contributed by atoms with E-state index in [1.165, 1.54) is 0 Å². The lowest BCUT2D eigenvalue weighted by atomic mass is 10.0. The second-order valence-electron chi connectivity index (χ2n) is 3.75. The molecule has 0 spiro atoms. The van der Waals surface area contributed by atoms with Crippen molar-refractivity contribution in [3.05, 3.63) is 18.0 Å². The van der Waals surface area contributed by atoms with Gasteiger partial charge in [0.2, 0.25) is 0 Å². The highest BCUT2D eigenvalue weighted by Crippen LogP contribution is 2.14. The monoisotopic (exact) mass is 258 g/mol. The molecule has 1 aromatic heterocycles. The molecule has 0 saturated heterocycles. The van der Waals surface area contributed by atoms with Crippen molar-refractivity contribution in [1.82, 2.24) is 9.78 Å². The van der Waals surface area contributed by atoms with Crippen LogP contribution in [0.2, 0.25) is 0 Å². The number of hydrogen-bond acceptors (Lipinski definition) is 2. The standard InChI is InChI=1S/C10H15BrN2O/c1-7(2)10(14)9(11)4-8-5-12-13(3)6-8/h5-7,9H,4H2,1-3H3. The minimum absolute atomic E-state index is 0.0797. The summed E-state index contributed by atoms with van der Waals surface area (Å²) in [5, 5.41) is 4.06. The molecular formula is C10H15BrN2O. The van der Waals surface area contributed by atoms with Crippen molar-refractivity contribution in [1.29, 1.82) is 0 Å². The number of nitrogens with zero attached hydrogens (tertiary/aromatic N) is 2. The van der Waals surface area contributed by atoms with Gasteiger partial charge in [-0.3, -0.25) is 9.48 Å². The Morgan fingerprint density at radius 3 is 2.71 bits per heavy atom. The highest BCUT2D eigenvalue weighted by Gasteiger charge is 2.18. The van der Waals surface area contributed by atoms with Gasteiger partial charge in [0.1, 0.15) is 5.78 Å². The summed E-state index contributed by atoms with van der Waals surface area (Å²) in [5.41, 5.74) is 1.09. The first kappa shape index (κ1) is 11.4. The SMILES string of the molecule is CC(C)C(=O)C(Br)Cc1cnn(C)c1. The largest absolute Gasteiger partial charge is 0.298 e. The number of aryl methyl sites for hydroxylation is 1. The first-order valence-corrected chi connectivity index (χ1v) is 5.57. The van der Waals surface area contributed by atoms with E-state index >= 15 is 0 Å². The molecule has 1 unspecified atom stereocenters. The molecule has 1 heterocycles. The molecule has 0 aliphatic heterocycles. The van der Waals surface area contributed by atoms with Crippen LogP contribution >= 0.6 is 15.9 Å². The Balaban J connectivity index is 2.57. The molecular weight excluding hydrogens is 244 g/mol. The lowest BCUT2D eigenvalue weighted by Crippen LogP contribution is -2.21. The van der Waals surface area contributed by atoms with Gasteiger partial charge in [0.15, 0.2) is 0 Å². The molecule has 0 bridgehead atoms. The van der Waals surface area contributed by atoms with Gasteiger partial charge in [-0.2, -0.15) is 5.10 Å². The normalized spacial score (nSPS) is 13.2. The number of alkyl halides is 1. The fourth-order valence-corrected chi connectivity index (χ4v) is 2.15. The number of carbonyl (C=O) groups excluding carboxylic acids is 1. The van der Waals surface area contributed by atoms with Gasteiger partial charge in [0, 0.05) is 19.2 Å². The molecule has 0 aromatic carbocycles. The van der Waals surface area contributed by atoms with Crippen LogP contribution in [0, 0.1) is 5.92 Å². The molecule has 14 heavy (non-hydrogen) atoms. The van der Waals surface area contributed by atoms with E-state index in [-0.39, 0.29) is 16.5 Å². The maximum atomic E-state index is 11.6. The Kier molecular flexibility index (Phi) is 3.86. The summed E-state index contributed by atoms with van der Waals surface area (Å²) in [6.45, 7) is 3.83. The molecule has 78 valence electrons. The first-order chi connectivity index (χ1) is 6.50. The Bertz CT molecular complexity index is 320. The topological polar surface area (TPSA) is 34.9 Å². The van der Waals surface area contributed by atoms with Crippen LogP contribution in [0.15, 0.2) is 12.4 Å². The number of ketones is 1. The van der Waals surface area contributed by atoms with Crippen LogP contribution < -0.4 is 0 Å². The number of halogens is 1. The van der Waals surface area contributed by atoms with Gasteiger partial charge in [-0.1, -0.05) is 29.8 Å². The van der Waals surface area contributed by atoms with Crippen molar-refractivity contribution in [3.63, 3.8) is 0 Å². The summed E-state index contributed by atoms with van der Waals surface area (Å²) in [6.07, 6.45) is 4.44. The van der Waals surface area contributed by atoms with E-state index in [4.69, 9.17) is 0 Å². The third-order valence-electron chi connectivity index (χ3n) is 2.05. The van der Waals surface area contributed by atoms with Crippen molar-refractivity contribution >= 4 is 21.7 Å². The van der Waals surface area contributed by atoms with Crippen LogP contribution in [0.1, 0.15) is 19.4 Å². The smallest absolute Gasteiger partial charge is 0.149 e. The van der Waals surface area contributed by atoms with Crippen LogP contribution in [0.3, 0.4) is 0 Å². The van der Waals surface area contributed by atoms with E-state index in [1.807, 2.05) is 27.1 Å². The van der Waals surface area contributed by atoms with E-state index < -0.39 is 0 Å². The fraction of sp³-hybridized carbons (Fsp3) is 0.600. The predicted molar refractivity (Wildman–Crippen MR) is 59.5 cm³/mol. The van der Waals surface area contributed by atoms with Crippen LogP contribution in [-0.2, 0) is 18.3 Å². The zero-order chi connectivity index (χ0) is 10.7. The summed E-state index contributed by atoms with van der Waals surface area (Å²) in [5.74, 6) is 0.324. The predicted octanol–water partition coefficient (Wildman–Crippen LogP) is 1.95. The summed E-state index contributed by atoms with van der Waals surface area (Å²) in [6, 6.07) is 0. The Hall–Kier alpha value is -0.640. The molecule has 0 fully saturated rings. The quantitative estimate of drug-likeness (QED) is 0.774. The molecule has 0 amide bonds.